The Morgan fingerprint density at radius 2 is 1.70 bits per heavy atom. The molecule has 3 aromatic carbocycles. The van der Waals surface area contributed by atoms with E-state index >= 15 is 0 Å². The molecule has 37 heavy (non-hydrogen) atoms. The summed E-state index contributed by atoms with van der Waals surface area (Å²) in [7, 11) is 1.64. The molecule has 0 N–H and O–H groups in total. The van der Waals surface area contributed by atoms with Crippen LogP contribution >= 0.6 is 0 Å². The molecule has 7 nitrogen and oxygen atoms in total. The molecular weight excluding hydrogens is 470 g/mol. The molecule has 7 heteroatoms. The Labute approximate surface area is 218 Å². The van der Waals surface area contributed by atoms with E-state index in [2.05, 4.69) is 19.9 Å². The van der Waals surface area contributed by atoms with Crippen LogP contribution in [0.5, 0.6) is 23.0 Å². The smallest absolute Gasteiger partial charge is 0.254 e. The van der Waals surface area contributed by atoms with Crippen molar-refractivity contribution in [2.75, 3.05) is 46.6 Å². The first-order valence-corrected chi connectivity index (χ1v) is 13.0. The van der Waals surface area contributed by atoms with Crippen LogP contribution in [0.3, 0.4) is 0 Å². The maximum atomic E-state index is 13.6. The van der Waals surface area contributed by atoms with Gasteiger partial charge in [0.05, 0.1) is 33.5 Å². The molecule has 2 heterocycles. The van der Waals surface area contributed by atoms with Gasteiger partial charge in [-0.2, -0.15) is 0 Å². The van der Waals surface area contributed by atoms with Gasteiger partial charge in [0.1, 0.15) is 28.6 Å². The molecule has 0 atom stereocenters. The van der Waals surface area contributed by atoms with Gasteiger partial charge in [-0.15, -0.1) is 0 Å². The summed E-state index contributed by atoms with van der Waals surface area (Å²) in [5, 5.41) is 1.87. The van der Waals surface area contributed by atoms with E-state index in [1.807, 2.05) is 47.4 Å². The molecule has 5 rings (SSSR count). The van der Waals surface area contributed by atoms with E-state index in [9.17, 15) is 4.79 Å². The number of fused-ring (bicyclic) bond motifs is 3. The second-order valence-electron chi connectivity index (χ2n) is 10.1. The molecule has 2 aliphatic heterocycles. The van der Waals surface area contributed by atoms with E-state index in [1.165, 1.54) is 0 Å². The van der Waals surface area contributed by atoms with Crippen LogP contribution in [0.1, 0.15) is 42.6 Å². The van der Waals surface area contributed by atoms with Crippen molar-refractivity contribution in [1.82, 2.24) is 4.90 Å². The van der Waals surface area contributed by atoms with Crippen molar-refractivity contribution in [2.45, 2.75) is 38.7 Å². The van der Waals surface area contributed by atoms with Crippen LogP contribution in [0.15, 0.2) is 48.5 Å². The lowest BCUT2D eigenvalue weighted by Gasteiger charge is -2.35. The third-order valence-corrected chi connectivity index (χ3v) is 6.96. The number of morpholine rings is 1. The normalized spacial score (nSPS) is 16.6. The Hall–Kier alpha value is -3.45. The summed E-state index contributed by atoms with van der Waals surface area (Å²) in [5.74, 6) is 3.18. The topological polar surface area (TPSA) is 66.5 Å². The van der Waals surface area contributed by atoms with Gasteiger partial charge in [0.2, 0.25) is 0 Å². The van der Waals surface area contributed by atoms with Crippen molar-refractivity contribution in [3.63, 3.8) is 0 Å². The largest absolute Gasteiger partial charge is 0.497 e. The van der Waals surface area contributed by atoms with E-state index in [0.29, 0.717) is 45.1 Å². The standard InChI is InChI=1S/C30H35NO6/c1-30(2)13-12-24-26(29(32)31-14-18-34-19-15-31)20-25-23(28(24)37-30)6-4-7-27(25)36-17-5-16-35-22-10-8-21(33-3)9-11-22/h4,6-11,20H,5,12-19H2,1-3H3. The second kappa shape index (κ2) is 10.9. The molecule has 0 radical (unpaired) electrons. The fourth-order valence-corrected chi connectivity index (χ4v) is 4.88. The predicted octanol–water partition coefficient (Wildman–Crippen LogP) is 5.27. The van der Waals surface area contributed by atoms with E-state index in [0.717, 1.165) is 58.6 Å². The molecule has 0 bridgehead atoms. The quantitative estimate of drug-likeness (QED) is 0.389. The highest BCUT2D eigenvalue weighted by Gasteiger charge is 2.33. The molecule has 196 valence electrons. The molecule has 0 unspecified atom stereocenters. The lowest BCUT2D eigenvalue weighted by Crippen LogP contribution is -2.41. The molecule has 1 fully saturated rings. The minimum Gasteiger partial charge on any atom is -0.497 e. The predicted molar refractivity (Wildman–Crippen MR) is 142 cm³/mol. The summed E-state index contributed by atoms with van der Waals surface area (Å²) in [5.41, 5.74) is 1.41. The number of nitrogens with zero attached hydrogens (tertiary/aromatic N) is 1. The number of carbonyl (C=O) groups excluding carboxylic acids is 1. The first-order valence-electron chi connectivity index (χ1n) is 13.0. The Bertz CT molecular complexity index is 1250. The maximum Gasteiger partial charge on any atom is 0.254 e. The van der Waals surface area contributed by atoms with E-state index in [1.54, 1.807) is 7.11 Å². The van der Waals surface area contributed by atoms with Crippen LogP contribution in [0.4, 0.5) is 0 Å². The van der Waals surface area contributed by atoms with Crippen molar-refractivity contribution >= 4 is 16.7 Å². The van der Waals surface area contributed by atoms with Crippen molar-refractivity contribution in [2.24, 2.45) is 0 Å². The lowest BCUT2D eigenvalue weighted by molar-refractivity contribution is 0.0299. The second-order valence-corrected chi connectivity index (χ2v) is 10.1. The highest BCUT2D eigenvalue weighted by Crippen LogP contribution is 2.43. The van der Waals surface area contributed by atoms with Gasteiger partial charge in [-0.05, 0) is 63.1 Å². The lowest BCUT2D eigenvalue weighted by atomic mass is 9.88. The zero-order valence-electron chi connectivity index (χ0n) is 21.9. The molecule has 0 aliphatic carbocycles. The summed E-state index contributed by atoms with van der Waals surface area (Å²) in [6.45, 7) is 7.56. The van der Waals surface area contributed by atoms with Gasteiger partial charge >= 0.3 is 0 Å². The first kappa shape index (κ1) is 25.2. The van der Waals surface area contributed by atoms with Crippen LogP contribution < -0.4 is 18.9 Å². The minimum atomic E-state index is -0.295. The maximum absolute atomic E-state index is 13.6. The molecule has 1 saturated heterocycles. The third-order valence-electron chi connectivity index (χ3n) is 6.96. The van der Waals surface area contributed by atoms with Gasteiger partial charge in [-0.25, -0.2) is 0 Å². The number of carbonyl (C=O) groups is 1. The van der Waals surface area contributed by atoms with E-state index < -0.39 is 0 Å². The fraction of sp³-hybridized carbons (Fsp3) is 0.433. The molecule has 1 amide bonds. The van der Waals surface area contributed by atoms with Crippen LogP contribution in [0.25, 0.3) is 10.8 Å². The summed E-state index contributed by atoms with van der Waals surface area (Å²) in [6, 6.07) is 15.5. The number of methoxy groups -OCH3 is 1. The fourth-order valence-electron chi connectivity index (χ4n) is 4.88. The van der Waals surface area contributed by atoms with Crippen LogP contribution in [-0.2, 0) is 11.2 Å². The van der Waals surface area contributed by atoms with Gasteiger partial charge < -0.3 is 28.6 Å². The van der Waals surface area contributed by atoms with Crippen LogP contribution in [0.2, 0.25) is 0 Å². The van der Waals surface area contributed by atoms with Gasteiger partial charge in [-0.3, -0.25) is 4.79 Å². The van der Waals surface area contributed by atoms with Crippen molar-refractivity contribution in [1.29, 1.82) is 0 Å². The van der Waals surface area contributed by atoms with Crippen molar-refractivity contribution in [3.05, 3.63) is 59.7 Å². The van der Waals surface area contributed by atoms with E-state index in [-0.39, 0.29) is 11.5 Å². The molecule has 2 aliphatic rings. The number of rotatable bonds is 8. The first-order chi connectivity index (χ1) is 17.9. The molecule has 0 saturated carbocycles. The number of amides is 1. The highest BCUT2D eigenvalue weighted by molar-refractivity contribution is 6.04. The number of hydrogen-bond acceptors (Lipinski definition) is 6. The van der Waals surface area contributed by atoms with Gasteiger partial charge in [0.15, 0.2) is 0 Å². The van der Waals surface area contributed by atoms with Gasteiger partial charge in [0, 0.05) is 41.4 Å². The van der Waals surface area contributed by atoms with Gasteiger partial charge in [-0.1, -0.05) is 12.1 Å². The Morgan fingerprint density at radius 1 is 0.973 bits per heavy atom. The van der Waals surface area contributed by atoms with Crippen molar-refractivity contribution < 1.29 is 28.5 Å². The van der Waals surface area contributed by atoms with Crippen molar-refractivity contribution in [3.8, 4) is 23.0 Å². The van der Waals surface area contributed by atoms with Crippen LogP contribution in [0, 0.1) is 0 Å². The Balaban J connectivity index is 1.36. The summed E-state index contributed by atoms with van der Waals surface area (Å²) < 4.78 is 29.2. The Kier molecular flexibility index (Phi) is 7.42. The third kappa shape index (κ3) is 5.62. The zero-order chi connectivity index (χ0) is 25.8. The summed E-state index contributed by atoms with van der Waals surface area (Å²) in [6.07, 6.45) is 2.38. The summed E-state index contributed by atoms with van der Waals surface area (Å²) >= 11 is 0. The number of ether oxygens (including phenoxy) is 5. The average Bonchev–Trinajstić information content (AvgIpc) is 2.92. The SMILES string of the molecule is COc1ccc(OCCCOc2cccc3c4c(c(C(=O)N5CCOCC5)cc23)CCC(C)(C)O4)cc1. The zero-order valence-corrected chi connectivity index (χ0v) is 21.9. The van der Waals surface area contributed by atoms with E-state index in [4.69, 9.17) is 23.7 Å². The molecular formula is C30H35NO6. The minimum absolute atomic E-state index is 0.0347. The average molecular weight is 506 g/mol. The Morgan fingerprint density at radius 3 is 2.46 bits per heavy atom. The molecule has 0 spiro atoms. The highest BCUT2D eigenvalue weighted by atomic mass is 16.5. The number of benzene rings is 3. The molecule has 0 aromatic heterocycles. The van der Waals surface area contributed by atoms with Gasteiger partial charge in [0.25, 0.3) is 5.91 Å². The molecule has 3 aromatic rings. The van der Waals surface area contributed by atoms with Crippen LogP contribution in [-0.4, -0.2) is 63.0 Å². The number of hydrogen-bond donors (Lipinski definition) is 0. The summed E-state index contributed by atoms with van der Waals surface area (Å²) in [4.78, 5) is 15.5. The monoisotopic (exact) mass is 505 g/mol.